The Hall–Kier alpha value is -6.62. The van der Waals surface area contributed by atoms with Gasteiger partial charge >= 0.3 is 0 Å². The van der Waals surface area contributed by atoms with E-state index < -0.39 is 0 Å². The number of rotatable bonds is 6. The first kappa shape index (κ1) is 30.2. The average molecular weight is 685 g/mol. The first-order valence-corrected chi connectivity index (χ1v) is 18.3. The summed E-state index contributed by atoms with van der Waals surface area (Å²) < 4.78 is 9.30. The largest absolute Gasteiger partial charge is 0.453 e. The molecule has 0 spiro atoms. The molecule has 1 aliphatic heterocycles. The zero-order valence-electron chi connectivity index (χ0n) is 28.2. The molecule has 1 aromatic heterocycles. The third-order valence-electron chi connectivity index (χ3n) is 9.83. The van der Waals surface area contributed by atoms with Gasteiger partial charge in [-0.2, -0.15) is 0 Å². The molecule has 10 rings (SSSR count). The van der Waals surface area contributed by atoms with E-state index in [-0.39, 0.29) is 0 Å². The molecule has 9 aromatic rings. The van der Waals surface area contributed by atoms with Gasteiger partial charge in [-0.05, 0) is 89.0 Å². The molecular weight excluding hydrogens is 653 g/mol. The van der Waals surface area contributed by atoms with Crippen molar-refractivity contribution in [2.45, 2.75) is 0 Å². The third kappa shape index (κ3) is 5.29. The van der Waals surface area contributed by atoms with Crippen molar-refractivity contribution >= 4 is 65.6 Å². The van der Waals surface area contributed by atoms with Gasteiger partial charge in [-0.1, -0.05) is 121 Å². The van der Waals surface area contributed by atoms with Crippen LogP contribution in [0, 0.1) is 0 Å². The molecule has 0 bridgehead atoms. The molecule has 1 aliphatic rings. The highest BCUT2D eigenvalue weighted by molar-refractivity contribution is 7.25. The lowest BCUT2D eigenvalue weighted by Crippen LogP contribution is -2.17. The highest BCUT2D eigenvalue weighted by atomic mass is 32.1. The van der Waals surface area contributed by atoms with Crippen LogP contribution in [0.4, 0.5) is 34.1 Å². The maximum Gasteiger partial charge on any atom is 0.153 e. The molecule has 8 aromatic carbocycles. The number of benzene rings is 8. The molecule has 0 amide bonds. The lowest BCUT2D eigenvalue weighted by molar-refractivity contribution is 0.477. The lowest BCUT2D eigenvalue weighted by atomic mass is 10.0. The van der Waals surface area contributed by atoms with Gasteiger partial charge in [0.15, 0.2) is 11.5 Å². The second-order valence-corrected chi connectivity index (χ2v) is 14.1. The zero-order valence-corrected chi connectivity index (χ0v) is 29.0. The average Bonchev–Trinajstić information content (AvgIpc) is 3.59. The predicted molar refractivity (Wildman–Crippen MR) is 220 cm³/mol. The Bertz CT molecular complexity index is 2720. The number of hydrogen-bond donors (Lipinski definition) is 0. The van der Waals surface area contributed by atoms with Crippen molar-refractivity contribution in [1.82, 2.24) is 0 Å². The van der Waals surface area contributed by atoms with Gasteiger partial charge in [0, 0.05) is 49.0 Å². The van der Waals surface area contributed by atoms with Gasteiger partial charge in [0.05, 0.1) is 11.4 Å². The Morgan fingerprint density at radius 3 is 1.83 bits per heavy atom. The molecule has 0 fully saturated rings. The highest BCUT2D eigenvalue weighted by Gasteiger charge is 2.27. The minimum atomic E-state index is 0.803. The molecule has 4 heteroatoms. The van der Waals surface area contributed by atoms with E-state index in [0.29, 0.717) is 0 Å². The van der Waals surface area contributed by atoms with Crippen molar-refractivity contribution in [3.05, 3.63) is 194 Å². The van der Waals surface area contributed by atoms with Crippen molar-refractivity contribution in [3.8, 4) is 33.8 Å². The number of anilines is 6. The van der Waals surface area contributed by atoms with E-state index in [1.807, 2.05) is 17.4 Å². The normalized spacial score (nSPS) is 12.0. The smallest absolute Gasteiger partial charge is 0.153 e. The Morgan fingerprint density at radius 2 is 1.00 bits per heavy atom. The van der Waals surface area contributed by atoms with Gasteiger partial charge in [0.1, 0.15) is 0 Å². The molecule has 2 heterocycles. The van der Waals surface area contributed by atoms with E-state index in [1.165, 1.54) is 36.9 Å². The summed E-state index contributed by atoms with van der Waals surface area (Å²) in [7, 11) is 0. The van der Waals surface area contributed by atoms with Crippen molar-refractivity contribution in [2.75, 3.05) is 9.80 Å². The van der Waals surface area contributed by atoms with Gasteiger partial charge in [-0.3, -0.25) is 0 Å². The summed E-state index contributed by atoms with van der Waals surface area (Å²) >= 11 is 1.84. The first-order valence-electron chi connectivity index (χ1n) is 17.5. The molecule has 246 valence electrons. The molecule has 0 radical (unpaired) electrons. The third-order valence-corrected chi connectivity index (χ3v) is 11.0. The fourth-order valence-corrected chi connectivity index (χ4v) is 8.49. The van der Waals surface area contributed by atoms with Crippen LogP contribution in [-0.4, -0.2) is 0 Å². The highest BCUT2D eigenvalue weighted by Crippen LogP contribution is 2.53. The minimum Gasteiger partial charge on any atom is -0.453 e. The number of thiophene rings is 1. The van der Waals surface area contributed by atoms with Crippen LogP contribution in [0.3, 0.4) is 0 Å². The summed E-state index contributed by atoms with van der Waals surface area (Å²) in [4.78, 5) is 4.65. The SMILES string of the molecule is c1ccc(-c2ccc(N(c3cccc(-c4ccccc4)c3)c3ccc4c(c3)Oc3ccccc3N4c3ccc4c(c3)sc3ccccc34)cc2)cc1. The molecule has 0 aliphatic carbocycles. The Kier molecular flexibility index (Phi) is 7.33. The summed E-state index contributed by atoms with van der Waals surface area (Å²) in [5.41, 5.74) is 11.0. The number of para-hydroxylation sites is 2. The van der Waals surface area contributed by atoms with E-state index in [2.05, 4.69) is 198 Å². The monoisotopic (exact) mass is 684 g/mol. The molecule has 52 heavy (non-hydrogen) atoms. The van der Waals surface area contributed by atoms with Crippen LogP contribution in [0.25, 0.3) is 42.4 Å². The van der Waals surface area contributed by atoms with Crippen LogP contribution in [0.15, 0.2) is 194 Å². The van der Waals surface area contributed by atoms with E-state index in [0.717, 1.165) is 51.2 Å². The predicted octanol–water partition coefficient (Wildman–Crippen LogP) is 14.4. The number of hydrogen-bond acceptors (Lipinski definition) is 4. The molecular formula is C48H32N2OS. The molecule has 0 saturated carbocycles. The number of ether oxygens (including phenoxy) is 1. The lowest BCUT2D eigenvalue weighted by Gasteiger charge is -2.34. The molecule has 0 atom stereocenters. The van der Waals surface area contributed by atoms with Crippen LogP contribution in [0.2, 0.25) is 0 Å². The summed E-state index contributed by atoms with van der Waals surface area (Å²) in [6.07, 6.45) is 0. The van der Waals surface area contributed by atoms with Crippen molar-refractivity contribution in [2.24, 2.45) is 0 Å². The zero-order chi connectivity index (χ0) is 34.4. The Morgan fingerprint density at radius 1 is 0.385 bits per heavy atom. The molecule has 3 nitrogen and oxygen atoms in total. The summed E-state index contributed by atoms with van der Waals surface area (Å²) in [5.74, 6) is 1.63. The van der Waals surface area contributed by atoms with E-state index in [1.54, 1.807) is 0 Å². The van der Waals surface area contributed by atoms with Crippen molar-refractivity contribution in [3.63, 3.8) is 0 Å². The van der Waals surface area contributed by atoms with Crippen LogP contribution in [-0.2, 0) is 0 Å². The van der Waals surface area contributed by atoms with Crippen molar-refractivity contribution in [1.29, 1.82) is 0 Å². The van der Waals surface area contributed by atoms with Crippen molar-refractivity contribution < 1.29 is 4.74 Å². The van der Waals surface area contributed by atoms with Gasteiger partial charge in [0.2, 0.25) is 0 Å². The Balaban J connectivity index is 1.11. The van der Waals surface area contributed by atoms with Crippen LogP contribution in [0.5, 0.6) is 11.5 Å². The number of fused-ring (bicyclic) bond motifs is 5. The van der Waals surface area contributed by atoms with Gasteiger partial charge in [0.25, 0.3) is 0 Å². The van der Waals surface area contributed by atoms with Crippen LogP contribution < -0.4 is 14.5 Å². The summed E-state index contributed by atoms with van der Waals surface area (Å²) in [6.45, 7) is 0. The Labute approximate surface area is 306 Å². The van der Waals surface area contributed by atoms with E-state index in [9.17, 15) is 0 Å². The second-order valence-electron chi connectivity index (χ2n) is 13.0. The maximum atomic E-state index is 6.73. The summed E-state index contributed by atoms with van der Waals surface area (Å²) in [5, 5.41) is 2.59. The standard InChI is InChI=1S/C48H32N2OS/c1-3-12-33(13-4-1)35-22-24-37(25-23-35)49(38-17-11-16-36(30-38)34-14-5-2-6-15-34)39-27-29-44-46(31-39)51-45-20-9-8-19-43(45)50(44)40-26-28-42-41-18-7-10-21-47(41)52-48(42)32-40/h1-32H. The second kappa shape index (κ2) is 12.6. The van der Waals surface area contributed by atoms with Gasteiger partial charge in [-0.15, -0.1) is 11.3 Å². The topological polar surface area (TPSA) is 15.7 Å². The molecule has 0 unspecified atom stereocenters. The van der Waals surface area contributed by atoms with Crippen LogP contribution >= 0.6 is 11.3 Å². The fourth-order valence-electron chi connectivity index (χ4n) is 7.35. The fraction of sp³-hybridized carbons (Fsp3) is 0. The first-order chi connectivity index (χ1) is 25.8. The number of nitrogens with zero attached hydrogens (tertiary/aromatic N) is 2. The molecule has 0 N–H and O–H groups in total. The van der Waals surface area contributed by atoms with Gasteiger partial charge < -0.3 is 14.5 Å². The van der Waals surface area contributed by atoms with E-state index in [4.69, 9.17) is 4.74 Å². The van der Waals surface area contributed by atoms with Gasteiger partial charge in [-0.25, -0.2) is 0 Å². The minimum absolute atomic E-state index is 0.803. The van der Waals surface area contributed by atoms with E-state index >= 15 is 0 Å². The van der Waals surface area contributed by atoms with Crippen LogP contribution in [0.1, 0.15) is 0 Å². The maximum absolute atomic E-state index is 6.73. The molecule has 0 saturated heterocycles. The quantitative estimate of drug-likeness (QED) is 0.173. The summed E-state index contributed by atoms with van der Waals surface area (Å²) in [6, 6.07) is 69.0.